The topological polar surface area (TPSA) is 62.7 Å². The average Bonchev–Trinajstić information content (AvgIpc) is 2.17. The number of likely N-dealkylation sites (N-methyl/N-ethyl adjacent to an activating group) is 1. The zero-order chi connectivity index (χ0) is 10.6. The van der Waals surface area contributed by atoms with E-state index in [-0.39, 0.29) is 6.54 Å². The smallest absolute Gasteiger partial charge is 0.323 e. The van der Waals surface area contributed by atoms with E-state index in [1.165, 1.54) is 12.0 Å². The Morgan fingerprint density at radius 3 is 2.93 bits per heavy atom. The Balaban J connectivity index is 2.78. The summed E-state index contributed by atoms with van der Waals surface area (Å²) in [6, 6.07) is 5.20. The average molecular weight is 196 g/mol. The van der Waals surface area contributed by atoms with E-state index in [9.17, 15) is 4.79 Å². The van der Waals surface area contributed by atoms with Crippen LogP contribution < -0.4 is 9.64 Å². The van der Waals surface area contributed by atoms with Gasteiger partial charge in [0.25, 0.3) is 0 Å². The molecule has 5 heteroatoms. The number of aromatic nitrogens is 1. The van der Waals surface area contributed by atoms with Crippen LogP contribution in [0.25, 0.3) is 0 Å². The summed E-state index contributed by atoms with van der Waals surface area (Å²) in [7, 11) is 3.18. The van der Waals surface area contributed by atoms with Gasteiger partial charge in [-0.3, -0.25) is 4.79 Å². The predicted octanol–water partition coefficient (Wildman–Crippen LogP) is 0.611. The highest BCUT2D eigenvalue weighted by Gasteiger charge is 2.07. The van der Waals surface area contributed by atoms with Crippen LogP contribution in [0.15, 0.2) is 18.2 Å². The van der Waals surface area contributed by atoms with Crippen LogP contribution in [0.2, 0.25) is 0 Å². The van der Waals surface area contributed by atoms with E-state index in [1.54, 1.807) is 25.2 Å². The molecule has 0 amide bonds. The van der Waals surface area contributed by atoms with Crippen molar-refractivity contribution < 1.29 is 14.6 Å². The van der Waals surface area contributed by atoms with Crippen LogP contribution in [0.3, 0.4) is 0 Å². The molecule has 0 spiro atoms. The van der Waals surface area contributed by atoms with Crippen LogP contribution in [0.1, 0.15) is 0 Å². The van der Waals surface area contributed by atoms with Gasteiger partial charge in [0.15, 0.2) is 0 Å². The number of pyridine rings is 1. The van der Waals surface area contributed by atoms with Crippen LogP contribution in [0.5, 0.6) is 5.88 Å². The van der Waals surface area contributed by atoms with E-state index < -0.39 is 5.97 Å². The second-order valence-corrected chi connectivity index (χ2v) is 2.79. The van der Waals surface area contributed by atoms with E-state index in [4.69, 9.17) is 9.84 Å². The number of ether oxygens (including phenoxy) is 1. The molecule has 0 aliphatic heterocycles. The summed E-state index contributed by atoms with van der Waals surface area (Å²) >= 11 is 0. The number of anilines is 1. The lowest BCUT2D eigenvalue weighted by Gasteiger charge is -2.15. The normalized spacial score (nSPS) is 9.57. The summed E-state index contributed by atoms with van der Waals surface area (Å²) in [5.74, 6) is 0.156. The first-order valence-corrected chi connectivity index (χ1v) is 4.07. The lowest BCUT2D eigenvalue weighted by molar-refractivity contribution is -0.135. The second kappa shape index (κ2) is 4.45. The first-order valence-electron chi connectivity index (χ1n) is 4.07. The fraction of sp³-hybridized carbons (Fsp3) is 0.333. The Hall–Kier alpha value is -1.78. The molecule has 1 heterocycles. The molecule has 0 bridgehead atoms. The van der Waals surface area contributed by atoms with Crippen LogP contribution in [0.4, 0.5) is 5.82 Å². The Morgan fingerprint density at radius 2 is 2.36 bits per heavy atom. The summed E-state index contributed by atoms with van der Waals surface area (Å²) in [5.41, 5.74) is 0. The lowest BCUT2D eigenvalue weighted by Crippen LogP contribution is -2.25. The molecule has 1 rings (SSSR count). The van der Waals surface area contributed by atoms with Crippen molar-refractivity contribution >= 4 is 11.8 Å². The Bertz CT molecular complexity index is 328. The van der Waals surface area contributed by atoms with Crippen molar-refractivity contribution in [2.75, 3.05) is 25.6 Å². The SMILES string of the molecule is COc1cccc(N(C)CC(=O)O)n1. The molecular weight excluding hydrogens is 184 g/mol. The third-order valence-electron chi connectivity index (χ3n) is 1.68. The van der Waals surface area contributed by atoms with Crippen molar-refractivity contribution in [1.29, 1.82) is 0 Å². The van der Waals surface area contributed by atoms with Crippen LogP contribution in [0, 0.1) is 0 Å². The maximum atomic E-state index is 10.4. The highest BCUT2D eigenvalue weighted by molar-refractivity contribution is 5.72. The standard InChI is InChI=1S/C9H12N2O3/c1-11(6-9(12)13)7-4-3-5-8(10-7)14-2/h3-5H,6H2,1-2H3,(H,12,13). The highest BCUT2D eigenvalue weighted by Crippen LogP contribution is 2.13. The van der Waals surface area contributed by atoms with Crippen molar-refractivity contribution in [2.24, 2.45) is 0 Å². The number of carboxylic acids is 1. The van der Waals surface area contributed by atoms with Crippen LogP contribution in [-0.2, 0) is 4.79 Å². The largest absolute Gasteiger partial charge is 0.481 e. The van der Waals surface area contributed by atoms with E-state index in [0.29, 0.717) is 11.7 Å². The van der Waals surface area contributed by atoms with Gasteiger partial charge in [-0.2, -0.15) is 4.98 Å². The number of methoxy groups -OCH3 is 1. The van der Waals surface area contributed by atoms with Gasteiger partial charge in [0, 0.05) is 13.1 Å². The number of carboxylic acid groups (broad SMARTS) is 1. The predicted molar refractivity (Wildman–Crippen MR) is 51.7 cm³/mol. The van der Waals surface area contributed by atoms with Crippen LogP contribution >= 0.6 is 0 Å². The monoisotopic (exact) mass is 196 g/mol. The molecular formula is C9H12N2O3. The van der Waals surface area contributed by atoms with E-state index in [0.717, 1.165) is 0 Å². The van der Waals surface area contributed by atoms with Gasteiger partial charge in [0.05, 0.1) is 7.11 Å². The van der Waals surface area contributed by atoms with Gasteiger partial charge in [-0.1, -0.05) is 6.07 Å². The number of hydrogen-bond donors (Lipinski definition) is 1. The third-order valence-corrected chi connectivity index (χ3v) is 1.68. The van der Waals surface area contributed by atoms with E-state index >= 15 is 0 Å². The van der Waals surface area contributed by atoms with Gasteiger partial charge in [-0.05, 0) is 6.07 Å². The maximum Gasteiger partial charge on any atom is 0.323 e. The fourth-order valence-electron chi connectivity index (χ4n) is 1.01. The molecule has 1 N–H and O–H groups in total. The number of aliphatic carboxylic acids is 1. The third kappa shape index (κ3) is 2.62. The fourth-order valence-corrected chi connectivity index (χ4v) is 1.01. The lowest BCUT2D eigenvalue weighted by atomic mass is 10.4. The quantitative estimate of drug-likeness (QED) is 0.764. The minimum atomic E-state index is -0.892. The first-order chi connectivity index (χ1) is 6.63. The molecule has 1 aromatic rings. The maximum absolute atomic E-state index is 10.4. The summed E-state index contributed by atoms with van der Waals surface area (Å²) < 4.78 is 4.92. The van der Waals surface area contributed by atoms with Crippen molar-refractivity contribution in [2.45, 2.75) is 0 Å². The van der Waals surface area contributed by atoms with Crippen molar-refractivity contribution in [1.82, 2.24) is 4.98 Å². The van der Waals surface area contributed by atoms with Crippen LogP contribution in [-0.4, -0.2) is 36.8 Å². The molecule has 1 aromatic heterocycles. The molecule has 0 unspecified atom stereocenters. The second-order valence-electron chi connectivity index (χ2n) is 2.79. The van der Waals surface area contributed by atoms with Gasteiger partial charge >= 0.3 is 5.97 Å². The van der Waals surface area contributed by atoms with Crippen molar-refractivity contribution in [3.63, 3.8) is 0 Å². The first kappa shape index (κ1) is 10.3. The summed E-state index contributed by atoms with van der Waals surface area (Å²) in [6.45, 7) is -0.0832. The molecule has 0 atom stereocenters. The highest BCUT2D eigenvalue weighted by atomic mass is 16.5. The molecule has 5 nitrogen and oxygen atoms in total. The van der Waals surface area contributed by atoms with E-state index in [1.807, 2.05) is 0 Å². The number of nitrogens with zero attached hydrogens (tertiary/aromatic N) is 2. The summed E-state index contributed by atoms with van der Waals surface area (Å²) in [4.78, 5) is 16.1. The molecule has 0 saturated heterocycles. The minimum absolute atomic E-state index is 0.0832. The van der Waals surface area contributed by atoms with Gasteiger partial charge in [0.1, 0.15) is 12.4 Å². The molecule has 0 fully saturated rings. The zero-order valence-corrected chi connectivity index (χ0v) is 8.10. The Kier molecular flexibility index (Phi) is 3.28. The number of hydrogen-bond acceptors (Lipinski definition) is 4. The minimum Gasteiger partial charge on any atom is -0.481 e. The van der Waals surface area contributed by atoms with Gasteiger partial charge < -0.3 is 14.7 Å². The molecule has 76 valence electrons. The van der Waals surface area contributed by atoms with Gasteiger partial charge in [-0.15, -0.1) is 0 Å². The van der Waals surface area contributed by atoms with E-state index in [2.05, 4.69) is 4.98 Å². The molecule has 0 aromatic carbocycles. The molecule has 14 heavy (non-hydrogen) atoms. The van der Waals surface area contributed by atoms with Gasteiger partial charge in [0.2, 0.25) is 5.88 Å². The Labute approximate surface area is 81.9 Å². The summed E-state index contributed by atoms with van der Waals surface area (Å²) in [5, 5.41) is 8.57. The van der Waals surface area contributed by atoms with Crippen molar-refractivity contribution in [3.8, 4) is 5.88 Å². The molecule has 0 aliphatic rings. The summed E-state index contributed by atoms with van der Waals surface area (Å²) in [6.07, 6.45) is 0. The molecule has 0 saturated carbocycles. The van der Waals surface area contributed by atoms with Crippen molar-refractivity contribution in [3.05, 3.63) is 18.2 Å². The molecule has 0 aliphatic carbocycles. The Morgan fingerprint density at radius 1 is 1.64 bits per heavy atom. The number of rotatable bonds is 4. The zero-order valence-electron chi connectivity index (χ0n) is 8.10. The van der Waals surface area contributed by atoms with Gasteiger partial charge in [-0.25, -0.2) is 0 Å². The number of carbonyl (C=O) groups is 1. The molecule has 0 radical (unpaired) electrons.